The van der Waals surface area contributed by atoms with E-state index in [1.165, 1.54) is 0 Å². The highest BCUT2D eigenvalue weighted by Crippen LogP contribution is 2.39. The number of rotatable bonds is 24. The number of hydrogen-bond acceptors (Lipinski definition) is 4. The van der Waals surface area contributed by atoms with E-state index in [0.717, 1.165) is 12.8 Å². The van der Waals surface area contributed by atoms with Gasteiger partial charge in [0.2, 0.25) is 0 Å². The van der Waals surface area contributed by atoms with Gasteiger partial charge in [-0.05, 0) is 59.3 Å². The van der Waals surface area contributed by atoms with Gasteiger partial charge in [-0.1, -0.05) is 71.1 Å². The van der Waals surface area contributed by atoms with Gasteiger partial charge in [0.1, 0.15) is 0 Å². The minimum absolute atomic E-state index is 0.0263. The van der Waals surface area contributed by atoms with Crippen molar-refractivity contribution in [1.82, 2.24) is 0 Å². The lowest BCUT2D eigenvalue weighted by molar-refractivity contribution is -0.191. The van der Waals surface area contributed by atoms with Crippen LogP contribution in [0, 0.1) is 28.1 Å². The summed E-state index contributed by atoms with van der Waals surface area (Å²) in [6.45, 7) is 46.7. The number of allylic oxidation sites excluding steroid dienone is 3. The predicted molar refractivity (Wildman–Crippen MR) is 178 cm³/mol. The van der Waals surface area contributed by atoms with Crippen LogP contribution in [0.15, 0.2) is 75.9 Å². The highest BCUT2D eigenvalue weighted by Gasteiger charge is 2.43. The average molecular weight is 573 g/mol. The Kier molecular flexibility index (Phi) is 16.1. The van der Waals surface area contributed by atoms with Crippen molar-refractivity contribution in [3.63, 3.8) is 0 Å². The van der Waals surface area contributed by atoms with Gasteiger partial charge in [-0.15, -0.1) is 39.5 Å². The van der Waals surface area contributed by atoms with Crippen molar-refractivity contribution in [2.45, 2.75) is 105 Å². The van der Waals surface area contributed by atoms with Gasteiger partial charge < -0.3 is 18.9 Å². The van der Waals surface area contributed by atoms with Crippen molar-refractivity contribution in [1.29, 1.82) is 0 Å². The Bertz CT molecular complexity index is 803. The zero-order valence-corrected chi connectivity index (χ0v) is 28.4. The molecule has 0 saturated carbocycles. The maximum atomic E-state index is 6.75. The van der Waals surface area contributed by atoms with Crippen LogP contribution in [0.3, 0.4) is 0 Å². The molecule has 0 fully saturated rings. The van der Waals surface area contributed by atoms with Crippen molar-refractivity contribution >= 4 is 0 Å². The van der Waals surface area contributed by atoms with E-state index in [1.807, 2.05) is 36.5 Å². The summed E-state index contributed by atoms with van der Waals surface area (Å²) in [5.41, 5.74) is -2.11. The van der Waals surface area contributed by atoms with Crippen LogP contribution >= 0.6 is 0 Å². The molecule has 4 heteroatoms. The van der Waals surface area contributed by atoms with Gasteiger partial charge in [-0.25, -0.2) is 0 Å². The largest absolute Gasteiger partial charge is 0.378 e. The van der Waals surface area contributed by atoms with E-state index in [2.05, 4.69) is 109 Å². The number of ether oxygens (including phenoxy) is 4. The Morgan fingerprint density at radius 2 is 1.00 bits per heavy atom. The van der Waals surface area contributed by atoms with Crippen LogP contribution in [0.4, 0.5) is 0 Å². The SMILES string of the molecule is C=CC(C)CC(C=C)OCC(COC(C)CC(C=C)C=C)(COC(C)(C)C(C)(C)C=C)COC(C)(C)C(C)(C)C=C. The van der Waals surface area contributed by atoms with Crippen LogP contribution in [-0.2, 0) is 18.9 Å². The van der Waals surface area contributed by atoms with Crippen LogP contribution in [0.25, 0.3) is 0 Å². The molecule has 0 saturated heterocycles. The highest BCUT2D eigenvalue weighted by atomic mass is 16.5. The molecule has 3 atom stereocenters. The molecule has 0 amide bonds. The van der Waals surface area contributed by atoms with E-state index in [4.69, 9.17) is 18.9 Å². The van der Waals surface area contributed by atoms with Crippen LogP contribution in [0.5, 0.6) is 0 Å². The third-order valence-electron chi connectivity index (χ3n) is 9.36. The van der Waals surface area contributed by atoms with E-state index in [1.54, 1.807) is 0 Å². The highest BCUT2D eigenvalue weighted by molar-refractivity contribution is 5.02. The van der Waals surface area contributed by atoms with Gasteiger partial charge in [-0.2, -0.15) is 0 Å². The molecule has 41 heavy (non-hydrogen) atoms. The summed E-state index contributed by atoms with van der Waals surface area (Å²) in [4.78, 5) is 0. The fourth-order valence-electron chi connectivity index (χ4n) is 3.82. The second kappa shape index (κ2) is 16.8. The molecule has 0 bridgehead atoms. The minimum atomic E-state index is -0.603. The van der Waals surface area contributed by atoms with Crippen LogP contribution in [-0.4, -0.2) is 49.8 Å². The lowest BCUT2D eigenvalue weighted by Crippen LogP contribution is -2.51. The lowest BCUT2D eigenvalue weighted by Gasteiger charge is -2.46. The molecule has 0 spiro atoms. The molecule has 0 aromatic carbocycles. The van der Waals surface area contributed by atoms with Crippen molar-refractivity contribution in [2.75, 3.05) is 26.4 Å². The third-order valence-corrected chi connectivity index (χ3v) is 9.36. The normalized spacial score (nSPS) is 15.6. The molecule has 0 rings (SSSR count). The van der Waals surface area contributed by atoms with Gasteiger partial charge in [0, 0.05) is 10.8 Å². The average Bonchev–Trinajstić information content (AvgIpc) is 2.93. The maximum Gasteiger partial charge on any atom is 0.0759 e. The standard InChI is InChI=1S/C37H64O4/c1-17-29(7)23-32(20-4)39-26-37(25-38-30(8)24-31(18-2)19-3,27-40-35(13,14)33(9,10)21-5)28-41-36(15,16)34(11,12)22-6/h17-22,29-32H,1-6,23-28H2,7-16H3. The Morgan fingerprint density at radius 3 is 1.37 bits per heavy atom. The Labute approximate surface area is 254 Å². The van der Waals surface area contributed by atoms with Crippen molar-refractivity contribution < 1.29 is 18.9 Å². The van der Waals surface area contributed by atoms with E-state index < -0.39 is 16.6 Å². The molecule has 0 N–H and O–H groups in total. The fourth-order valence-corrected chi connectivity index (χ4v) is 3.82. The summed E-state index contributed by atoms with van der Waals surface area (Å²) < 4.78 is 26.6. The molecule has 0 aromatic rings. The molecular weight excluding hydrogens is 508 g/mol. The second-order valence-electron chi connectivity index (χ2n) is 14.0. The quantitative estimate of drug-likeness (QED) is 0.108. The van der Waals surface area contributed by atoms with E-state index >= 15 is 0 Å². The molecule has 0 heterocycles. The molecular formula is C37H64O4. The second-order valence-corrected chi connectivity index (χ2v) is 14.0. The molecule has 0 radical (unpaired) electrons. The summed E-state index contributed by atoms with van der Waals surface area (Å²) >= 11 is 0. The van der Waals surface area contributed by atoms with E-state index in [0.29, 0.717) is 32.3 Å². The fraction of sp³-hybridized carbons (Fsp3) is 0.676. The molecule has 4 nitrogen and oxygen atoms in total. The van der Waals surface area contributed by atoms with Gasteiger partial charge in [0.15, 0.2) is 0 Å². The van der Waals surface area contributed by atoms with E-state index in [-0.39, 0.29) is 29.0 Å². The van der Waals surface area contributed by atoms with Crippen molar-refractivity contribution in [3.05, 3.63) is 75.9 Å². The van der Waals surface area contributed by atoms with Crippen molar-refractivity contribution in [2.24, 2.45) is 28.1 Å². The molecule has 0 aromatic heterocycles. The number of hydrogen-bond donors (Lipinski definition) is 0. The molecule has 3 unspecified atom stereocenters. The minimum Gasteiger partial charge on any atom is -0.378 e. The van der Waals surface area contributed by atoms with Crippen molar-refractivity contribution in [3.8, 4) is 0 Å². The first-order valence-corrected chi connectivity index (χ1v) is 15.1. The summed E-state index contributed by atoms with van der Waals surface area (Å²) in [6, 6.07) is 0. The van der Waals surface area contributed by atoms with E-state index in [9.17, 15) is 0 Å². The Balaban J connectivity index is 6.49. The molecule has 0 aliphatic heterocycles. The Hall–Kier alpha value is -1.72. The third kappa shape index (κ3) is 12.2. The summed E-state index contributed by atoms with van der Waals surface area (Å²) in [5.74, 6) is 0.471. The first-order chi connectivity index (χ1) is 18.8. The van der Waals surface area contributed by atoms with Gasteiger partial charge in [0.05, 0.1) is 55.3 Å². The zero-order chi connectivity index (χ0) is 32.1. The van der Waals surface area contributed by atoms with Crippen LogP contribution in [0.2, 0.25) is 0 Å². The van der Waals surface area contributed by atoms with Gasteiger partial charge in [0.25, 0.3) is 0 Å². The van der Waals surface area contributed by atoms with Crippen LogP contribution in [0.1, 0.15) is 82.1 Å². The van der Waals surface area contributed by atoms with Gasteiger partial charge in [-0.3, -0.25) is 0 Å². The predicted octanol–water partition coefficient (Wildman–Crippen LogP) is 9.55. The molecule has 0 aliphatic rings. The maximum absolute atomic E-state index is 6.75. The van der Waals surface area contributed by atoms with Crippen LogP contribution < -0.4 is 0 Å². The summed E-state index contributed by atoms with van der Waals surface area (Å²) in [6.07, 6.45) is 13.0. The monoisotopic (exact) mass is 572 g/mol. The topological polar surface area (TPSA) is 36.9 Å². The summed E-state index contributed by atoms with van der Waals surface area (Å²) in [7, 11) is 0. The summed E-state index contributed by atoms with van der Waals surface area (Å²) in [5, 5.41) is 0. The first-order valence-electron chi connectivity index (χ1n) is 15.1. The molecule has 236 valence electrons. The first kappa shape index (κ1) is 39.3. The lowest BCUT2D eigenvalue weighted by atomic mass is 9.76. The zero-order valence-electron chi connectivity index (χ0n) is 28.4. The van der Waals surface area contributed by atoms with Gasteiger partial charge >= 0.3 is 0 Å². The molecule has 0 aliphatic carbocycles. The Morgan fingerprint density at radius 1 is 0.561 bits per heavy atom. The smallest absolute Gasteiger partial charge is 0.0759 e.